The molecule has 0 unspecified atom stereocenters. The lowest BCUT2D eigenvalue weighted by Crippen LogP contribution is -2.36. The van der Waals surface area contributed by atoms with Gasteiger partial charge in [-0.15, -0.1) is 11.3 Å². The highest BCUT2D eigenvalue weighted by atomic mass is 35.5. The minimum Gasteiger partial charge on any atom is -0.349 e. The Morgan fingerprint density at radius 3 is 2.77 bits per heavy atom. The standard InChI is InChI=1S/C16H21ClN4O3S2/c1-3-15(22)18-9-14-19-11-7-8-20(10-12(11)21(14)4-2)26(23,24)16-6-5-13(17)25-16/h5-6H,3-4,7-10H2,1-2H3,(H,18,22). The van der Waals surface area contributed by atoms with Crippen LogP contribution in [0.3, 0.4) is 0 Å². The smallest absolute Gasteiger partial charge is 0.252 e. The Kier molecular flexibility index (Phi) is 5.71. The molecule has 0 spiro atoms. The molecule has 1 N–H and O–H groups in total. The molecule has 0 saturated heterocycles. The fourth-order valence-electron chi connectivity index (χ4n) is 3.03. The van der Waals surface area contributed by atoms with Gasteiger partial charge in [-0.25, -0.2) is 13.4 Å². The normalized spacial score (nSPS) is 15.0. The number of sulfonamides is 1. The van der Waals surface area contributed by atoms with Crippen LogP contribution in [-0.2, 0) is 40.9 Å². The molecule has 0 aromatic carbocycles. The molecule has 0 aliphatic carbocycles. The van der Waals surface area contributed by atoms with Gasteiger partial charge >= 0.3 is 0 Å². The van der Waals surface area contributed by atoms with E-state index in [1.807, 2.05) is 11.5 Å². The average molecular weight is 417 g/mol. The molecule has 10 heteroatoms. The number of nitrogens with zero attached hydrogens (tertiary/aromatic N) is 3. The van der Waals surface area contributed by atoms with E-state index in [2.05, 4.69) is 10.3 Å². The molecule has 0 fully saturated rings. The lowest BCUT2D eigenvalue weighted by molar-refractivity contribution is -0.120. The lowest BCUT2D eigenvalue weighted by Gasteiger charge is -2.26. The van der Waals surface area contributed by atoms with E-state index in [0.29, 0.717) is 36.8 Å². The van der Waals surface area contributed by atoms with Gasteiger partial charge in [-0.05, 0) is 19.1 Å². The molecule has 0 radical (unpaired) electrons. The van der Waals surface area contributed by atoms with Crippen molar-refractivity contribution in [2.45, 2.75) is 50.5 Å². The van der Waals surface area contributed by atoms with Crippen molar-refractivity contribution in [3.63, 3.8) is 0 Å². The molecular formula is C16H21ClN4O3S2. The van der Waals surface area contributed by atoms with Crippen LogP contribution in [0.4, 0.5) is 0 Å². The summed E-state index contributed by atoms with van der Waals surface area (Å²) >= 11 is 6.96. The van der Waals surface area contributed by atoms with Crippen molar-refractivity contribution < 1.29 is 13.2 Å². The number of hydrogen-bond acceptors (Lipinski definition) is 5. The van der Waals surface area contributed by atoms with Gasteiger partial charge in [0.25, 0.3) is 10.0 Å². The maximum Gasteiger partial charge on any atom is 0.252 e. The number of thiophene rings is 1. The third-order valence-electron chi connectivity index (χ3n) is 4.38. The van der Waals surface area contributed by atoms with E-state index in [4.69, 9.17) is 11.6 Å². The molecule has 2 aromatic heterocycles. The molecule has 0 saturated carbocycles. The SMILES string of the molecule is CCC(=O)NCc1nc2c(n1CC)CN(S(=O)(=O)c1ccc(Cl)s1)CC2. The zero-order valence-corrected chi connectivity index (χ0v) is 17.0. The van der Waals surface area contributed by atoms with Crippen LogP contribution in [0.2, 0.25) is 4.34 Å². The number of rotatable bonds is 6. The number of hydrogen-bond donors (Lipinski definition) is 1. The highest BCUT2D eigenvalue weighted by Crippen LogP contribution is 2.31. The summed E-state index contributed by atoms with van der Waals surface area (Å²) in [6.07, 6.45) is 0.970. The van der Waals surface area contributed by atoms with E-state index < -0.39 is 10.0 Å². The van der Waals surface area contributed by atoms with Gasteiger partial charge in [0.05, 0.1) is 28.8 Å². The second-order valence-electron chi connectivity index (χ2n) is 5.94. The number of aromatic nitrogens is 2. The molecule has 2 aromatic rings. The summed E-state index contributed by atoms with van der Waals surface area (Å²) < 4.78 is 29.9. The molecule has 1 aliphatic rings. The van der Waals surface area contributed by atoms with E-state index in [0.717, 1.165) is 28.5 Å². The zero-order chi connectivity index (χ0) is 18.9. The highest BCUT2D eigenvalue weighted by Gasteiger charge is 2.32. The molecule has 0 atom stereocenters. The van der Waals surface area contributed by atoms with E-state index in [9.17, 15) is 13.2 Å². The van der Waals surface area contributed by atoms with Gasteiger partial charge in [-0.3, -0.25) is 4.79 Å². The summed E-state index contributed by atoms with van der Waals surface area (Å²) in [6.45, 7) is 5.45. The van der Waals surface area contributed by atoms with Crippen LogP contribution in [0.5, 0.6) is 0 Å². The molecule has 142 valence electrons. The maximum atomic E-state index is 12.9. The van der Waals surface area contributed by atoms with Crippen LogP contribution in [0.1, 0.15) is 37.5 Å². The summed E-state index contributed by atoms with van der Waals surface area (Å²) in [5.74, 6) is 0.727. The van der Waals surface area contributed by atoms with Gasteiger partial charge < -0.3 is 9.88 Å². The summed E-state index contributed by atoms with van der Waals surface area (Å²) in [7, 11) is -3.57. The summed E-state index contributed by atoms with van der Waals surface area (Å²) in [6, 6.07) is 3.14. The first kappa shape index (κ1) is 19.3. The summed E-state index contributed by atoms with van der Waals surface area (Å²) in [4.78, 5) is 16.2. The van der Waals surface area contributed by atoms with Crippen LogP contribution >= 0.6 is 22.9 Å². The van der Waals surface area contributed by atoms with E-state index >= 15 is 0 Å². The number of carbonyl (C=O) groups excluding carboxylic acids is 1. The Bertz CT molecular complexity index is 920. The largest absolute Gasteiger partial charge is 0.349 e. The molecule has 0 bridgehead atoms. The third kappa shape index (κ3) is 3.66. The second-order valence-corrected chi connectivity index (χ2v) is 9.82. The first-order chi connectivity index (χ1) is 12.4. The number of carbonyl (C=O) groups is 1. The third-order valence-corrected chi connectivity index (χ3v) is 7.93. The van der Waals surface area contributed by atoms with Gasteiger partial charge in [0, 0.05) is 25.9 Å². The molecule has 1 aliphatic heterocycles. The first-order valence-electron chi connectivity index (χ1n) is 8.46. The first-order valence-corrected chi connectivity index (χ1v) is 11.1. The molecule has 7 nitrogen and oxygen atoms in total. The quantitative estimate of drug-likeness (QED) is 0.783. The van der Waals surface area contributed by atoms with Crippen molar-refractivity contribution in [3.8, 4) is 0 Å². The van der Waals surface area contributed by atoms with Crippen LogP contribution < -0.4 is 5.32 Å². The Morgan fingerprint density at radius 1 is 1.38 bits per heavy atom. The fourth-order valence-corrected chi connectivity index (χ4v) is 6.06. The lowest BCUT2D eigenvalue weighted by atomic mass is 10.2. The predicted octanol–water partition coefficient (Wildman–Crippen LogP) is 2.39. The van der Waals surface area contributed by atoms with Crippen LogP contribution in [-0.4, -0.2) is 34.7 Å². The number of imidazole rings is 1. The summed E-state index contributed by atoms with van der Waals surface area (Å²) in [5, 5.41) is 2.84. The number of fused-ring (bicyclic) bond motifs is 1. The molecule has 3 rings (SSSR count). The van der Waals surface area contributed by atoms with Crippen molar-refractivity contribution in [1.29, 1.82) is 0 Å². The Labute approximate surface area is 162 Å². The number of amides is 1. The van der Waals surface area contributed by atoms with Crippen molar-refractivity contribution >= 4 is 38.9 Å². The van der Waals surface area contributed by atoms with E-state index in [1.165, 1.54) is 4.31 Å². The Morgan fingerprint density at radius 2 is 2.15 bits per heavy atom. The fraction of sp³-hybridized carbons (Fsp3) is 0.500. The van der Waals surface area contributed by atoms with Crippen molar-refractivity contribution in [3.05, 3.63) is 33.7 Å². The van der Waals surface area contributed by atoms with Crippen LogP contribution in [0.25, 0.3) is 0 Å². The van der Waals surface area contributed by atoms with Gasteiger partial charge in [-0.2, -0.15) is 4.31 Å². The van der Waals surface area contributed by atoms with Crippen molar-refractivity contribution in [2.24, 2.45) is 0 Å². The topological polar surface area (TPSA) is 84.3 Å². The minimum atomic E-state index is -3.57. The van der Waals surface area contributed by atoms with Gasteiger partial charge in [-0.1, -0.05) is 18.5 Å². The maximum absolute atomic E-state index is 12.9. The van der Waals surface area contributed by atoms with Gasteiger partial charge in [0.2, 0.25) is 5.91 Å². The highest BCUT2D eigenvalue weighted by molar-refractivity contribution is 7.91. The summed E-state index contributed by atoms with van der Waals surface area (Å²) in [5.41, 5.74) is 1.80. The monoisotopic (exact) mass is 416 g/mol. The van der Waals surface area contributed by atoms with Crippen LogP contribution in [0.15, 0.2) is 16.3 Å². The van der Waals surface area contributed by atoms with E-state index in [-0.39, 0.29) is 16.7 Å². The molecule has 26 heavy (non-hydrogen) atoms. The van der Waals surface area contributed by atoms with Crippen molar-refractivity contribution in [2.75, 3.05) is 6.54 Å². The number of nitrogens with one attached hydrogen (secondary N) is 1. The van der Waals surface area contributed by atoms with Crippen molar-refractivity contribution in [1.82, 2.24) is 19.2 Å². The van der Waals surface area contributed by atoms with Crippen LogP contribution in [0, 0.1) is 0 Å². The van der Waals surface area contributed by atoms with E-state index in [1.54, 1.807) is 19.1 Å². The van der Waals surface area contributed by atoms with Gasteiger partial charge in [0.15, 0.2) is 0 Å². The Hall–Kier alpha value is -1.42. The average Bonchev–Trinajstić information content (AvgIpc) is 3.22. The van der Waals surface area contributed by atoms with Gasteiger partial charge in [0.1, 0.15) is 10.0 Å². The molecule has 1 amide bonds. The molecule has 3 heterocycles. The predicted molar refractivity (Wildman–Crippen MR) is 101 cm³/mol. The zero-order valence-electron chi connectivity index (χ0n) is 14.7. The minimum absolute atomic E-state index is 0.0348. The molecular weight excluding hydrogens is 396 g/mol. The second kappa shape index (κ2) is 7.67. The Balaban J connectivity index is 1.86. The number of halogens is 1.